The molecule has 2 fully saturated rings. The SMILES string of the molecule is C1COCCN1.S=C(Cc1ccc2c3c([nH]c2c1)CCCC3)N1CCOCC1. The molecule has 5 nitrogen and oxygen atoms in total. The summed E-state index contributed by atoms with van der Waals surface area (Å²) in [6.45, 7) is 7.28. The van der Waals surface area contributed by atoms with Crippen LogP contribution in [-0.4, -0.2) is 67.5 Å². The molecule has 2 saturated heterocycles. The van der Waals surface area contributed by atoms with Gasteiger partial charge >= 0.3 is 0 Å². The average Bonchev–Trinajstić information content (AvgIpc) is 3.14. The molecule has 1 aliphatic carbocycles. The lowest BCUT2D eigenvalue weighted by molar-refractivity contribution is 0.0685. The first-order chi connectivity index (χ1) is 13.8. The molecule has 2 aliphatic heterocycles. The molecule has 0 unspecified atom stereocenters. The Morgan fingerprint density at radius 2 is 1.75 bits per heavy atom. The molecule has 0 saturated carbocycles. The quantitative estimate of drug-likeness (QED) is 0.758. The van der Waals surface area contributed by atoms with Crippen LogP contribution < -0.4 is 5.32 Å². The van der Waals surface area contributed by atoms with Gasteiger partial charge in [-0.3, -0.25) is 0 Å². The van der Waals surface area contributed by atoms with Crippen LogP contribution >= 0.6 is 12.2 Å². The summed E-state index contributed by atoms with van der Waals surface area (Å²) in [6.07, 6.45) is 5.91. The average molecular weight is 402 g/mol. The van der Waals surface area contributed by atoms with Crippen molar-refractivity contribution in [3.05, 3.63) is 35.0 Å². The Hall–Kier alpha value is -1.47. The van der Waals surface area contributed by atoms with Gasteiger partial charge in [0.25, 0.3) is 0 Å². The third-order valence-corrected chi connectivity index (χ3v) is 6.13. The zero-order valence-electron chi connectivity index (χ0n) is 16.6. The number of nitrogens with zero attached hydrogens (tertiary/aromatic N) is 1. The van der Waals surface area contributed by atoms with E-state index in [0.29, 0.717) is 0 Å². The maximum Gasteiger partial charge on any atom is 0.0825 e. The number of nitrogens with one attached hydrogen (secondary N) is 2. The van der Waals surface area contributed by atoms with Crippen LogP contribution in [0.15, 0.2) is 18.2 Å². The Balaban J connectivity index is 0.000000275. The minimum Gasteiger partial charge on any atom is -0.379 e. The van der Waals surface area contributed by atoms with E-state index in [2.05, 4.69) is 33.4 Å². The van der Waals surface area contributed by atoms with Crippen molar-refractivity contribution in [2.75, 3.05) is 52.6 Å². The first-order valence-corrected chi connectivity index (χ1v) is 11.0. The molecule has 1 aromatic carbocycles. The lowest BCUT2D eigenvalue weighted by Crippen LogP contribution is -2.40. The number of ether oxygens (including phenoxy) is 2. The van der Waals surface area contributed by atoms with Crippen LogP contribution in [0.25, 0.3) is 10.9 Å². The van der Waals surface area contributed by atoms with Gasteiger partial charge in [-0.25, -0.2) is 0 Å². The first-order valence-electron chi connectivity index (χ1n) is 10.6. The summed E-state index contributed by atoms with van der Waals surface area (Å²) in [5.74, 6) is 0. The molecule has 0 bridgehead atoms. The number of benzene rings is 1. The number of hydrogen-bond donors (Lipinski definition) is 2. The molecule has 6 heteroatoms. The summed E-state index contributed by atoms with van der Waals surface area (Å²) >= 11 is 5.63. The number of rotatable bonds is 2. The van der Waals surface area contributed by atoms with E-state index in [0.717, 1.165) is 64.0 Å². The van der Waals surface area contributed by atoms with Crippen molar-refractivity contribution in [3.63, 3.8) is 0 Å². The van der Waals surface area contributed by atoms with Crippen LogP contribution in [0.4, 0.5) is 0 Å². The van der Waals surface area contributed by atoms with E-state index in [1.807, 2.05) is 0 Å². The number of fused-ring (bicyclic) bond motifs is 3. The Morgan fingerprint density at radius 1 is 1.00 bits per heavy atom. The predicted octanol–water partition coefficient (Wildman–Crippen LogP) is 2.86. The van der Waals surface area contributed by atoms with Crippen molar-refractivity contribution in [1.82, 2.24) is 15.2 Å². The fourth-order valence-corrected chi connectivity index (χ4v) is 4.54. The van der Waals surface area contributed by atoms with E-state index in [4.69, 9.17) is 21.7 Å². The smallest absolute Gasteiger partial charge is 0.0825 e. The van der Waals surface area contributed by atoms with Crippen LogP contribution in [0.5, 0.6) is 0 Å². The highest BCUT2D eigenvalue weighted by atomic mass is 32.1. The highest BCUT2D eigenvalue weighted by Gasteiger charge is 2.17. The summed E-state index contributed by atoms with van der Waals surface area (Å²) in [4.78, 5) is 6.95. The second-order valence-corrected chi connectivity index (χ2v) is 8.17. The summed E-state index contributed by atoms with van der Waals surface area (Å²) in [7, 11) is 0. The molecule has 3 heterocycles. The summed E-state index contributed by atoms with van der Waals surface area (Å²) in [5, 5.41) is 4.57. The number of hydrogen-bond acceptors (Lipinski definition) is 4. The molecule has 2 aromatic rings. The monoisotopic (exact) mass is 401 g/mol. The van der Waals surface area contributed by atoms with Gasteiger partial charge in [-0.1, -0.05) is 24.4 Å². The standard InChI is InChI=1S/C18H22N2OS.C4H9NO/c22-18(20-7-9-21-10-8-20)12-13-5-6-15-14-3-1-2-4-16(14)19-17(15)11-13;1-3-6-4-2-5-1/h5-6,11,19H,1-4,7-10,12H2;5H,1-4H2. The summed E-state index contributed by atoms with van der Waals surface area (Å²) < 4.78 is 10.4. The number of aryl methyl sites for hydroxylation is 2. The van der Waals surface area contributed by atoms with Gasteiger partial charge in [0.05, 0.1) is 31.4 Å². The molecular formula is C22H31N3O2S. The van der Waals surface area contributed by atoms with Crippen molar-refractivity contribution in [2.24, 2.45) is 0 Å². The molecule has 152 valence electrons. The second kappa shape index (κ2) is 9.83. The largest absolute Gasteiger partial charge is 0.379 e. The van der Waals surface area contributed by atoms with Gasteiger partial charge in [-0.05, 0) is 42.9 Å². The fraction of sp³-hybridized carbons (Fsp3) is 0.591. The Labute approximate surface area is 172 Å². The molecule has 28 heavy (non-hydrogen) atoms. The van der Waals surface area contributed by atoms with Gasteiger partial charge in [-0.15, -0.1) is 0 Å². The molecule has 0 atom stereocenters. The van der Waals surface area contributed by atoms with Crippen LogP contribution in [0.1, 0.15) is 29.7 Å². The van der Waals surface area contributed by atoms with Crippen molar-refractivity contribution in [3.8, 4) is 0 Å². The zero-order valence-corrected chi connectivity index (χ0v) is 17.4. The molecule has 2 N–H and O–H groups in total. The Kier molecular flexibility index (Phi) is 6.96. The number of aromatic nitrogens is 1. The maximum absolute atomic E-state index is 5.63. The summed E-state index contributed by atoms with van der Waals surface area (Å²) in [6, 6.07) is 6.82. The topological polar surface area (TPSA) is 49.5 Å². The lowest BCUT2D eigenvalue weighted by atomic mass is 9.95. The molecule has 0 amide bonds. The zero-order chi connectivity index (χ0) is 19.2. The third kappa shape index (κ3) is 4.92. The van der Waals surface area contributed by atoms with Gasteiger partial charge in [0.1, 0.15) is 0 Å². The van der Waals surface area contributed by atoms with E-state index in [1.54, 1.807) is 5.56 Å². The van der Waals surface area contributed by atoms with Gasteiger partial charge in [-0.2, -0.15) is 0 Å². The van der Waals surface area contributed by atoms with E-state index >= 15 is 0 Å². The highest BCUT2D eigenvalue weighted by Crippen LogP contribution is 2.29. The third-order valence-electron chi connectivity index (χ3n) is 5.73. The van der Waals surface area contributed by atoms with E-state index in [1.165, 1.54) is 47.8 Å². The van der Waals surface area contributed by atoms with Crippen LogP contribution in [-0.2, 0) is 28.7 Å². The Morgan fingerprint density at radius 3 is 2.46 bits per heavy atom. The van der Waals surface area contributed by atoms with Gasteiger partial charge in [0.2, 0.25) is 0 Å². The van der Waals surface area contributed by atoms with Crippen molar-refractivity contribution in [1.29, 1.82) is 0 Å². The molecule has 5 rings (SSSR count). The predicted molar refractivity (Wildman–Crippen MR) is 117 cm³/mol. The maximum atomic E-state index is 5.63. The number of aromatic amines is 1. The van der Waals surface area contributed by atoms with Gasteiger partial charge in [0, 0.05) is 49.2 Å². The van der Waals surface area contributed by atoms with Crippen LogP contribution in [0.3, 0.4) is 0 Å². The highest BCUT2D eigenvalue weighted by molar-refractivity contribution is 7.80. The summed E-state index contributed by atoms with van der Waals surface area (Å²) in [5.41, 5.74) is 5.59. The van der Waals surface area contributed by atoms with E-state index in [-0.39, 0.29) is 0 Å². The number of H-pyrrole nitrogens is 1. The van der Waals surface area contributed by atoms with Crippen LogP contribution in [0, 0.1) is 0 Å². The minimum absolute atomic E-state index is 0.794. The number of morpholine rings is 2. The van der Waals surface area contributed by atoms with Crippen molar-refractivity contribution < 1.29 is 9.47 Å². The minimum atomic E-state index is 0.794. The second-order valence-electron chi connectivity index (χ2n) is 7.70. The normalized spacial score (nSPS) is 19.6. The molecule has 0 spiro atoms. The molecule has 1 aromatic heterocycles. The Bertz CT molecular complexity index is 783. The van der Waals surface area contributed by atoms with Gasteiger partial charge < -0.3 is 24.7 Å². The van der Waals surface area contributed by atoms with E-state index < -0.39 is 0 Å². The van der Waals surface area contributed by atoms with Crippen LogP contribution in [0.2, 0.25) is 0 Å². The molecule has 3 aliphatic rings. The first kappa shape index (κ1) is 19.8. The number of thiocarbonyl (C=S) groups is 1. The lowest BCUT2D eigenvalue weighted by Gasteiger charge is -2.29. The van der Waals surface area contributed by atoms with Crippen molar-refractivity contribution in [2.45, 2.75) is 32.1 Å². The molecular weight excluding hydrogens is 370 g/mol. The van der Waals surface area contributed by atoms with Crippen molar-refractivity contribution >= 4 is 28.1 Å². The van der Waals surface area contributed by atoms with Gasteiger partial charge in [0.15, 0.2) is 0 Å². The fourth-order valence-electron chi connectivity index (χ4n) is 4.19. The van der Waals surface area contributed by atoms with E-state index in [9.17, 15) is 0 Å². The molecule has 0 radical (unpaired) electrons.